The zero-order valence-corrected chi connectivity index (χ0v) is 20.5. The number of amides is 1. The number of aryl methyl sites for hydroxylation is 1. The number of hydrogen-bond donors (Lipinski definition) is 1. The molecule has 6 rings (SSSR count). The molecule has 1 aliphatic rings. The summed E-state index contributed by atoms with van der Waals surface area (Å²) in [6.45, 7) is 3.66. The van der Waals surface area contributed by atoms with E-state index in [1.807, 2.05) is 45.2 Å². The van der Waals surface area contributed by atoms with E-state index in [-0.39, 0.29) is 23.6 Å². The van der Waals surface area contributed by atoms with Crippen molar-refractivity contribution in [2.45, 2.75) is 32.4 Å². The molecule has 3 aromatic heterocycles. The van der Waals surface area contributed by atoms with Crippen LogP contribution in [-0.4, -0.2) is 43.9 Å². The Bertz CT molecular complexity index is 1640. The van der Waals surface area contributed by atoms with Gasteiger partial charge in [-0.15, -0.1) is 0 Å². The summed E-state index contributed by atoms with van der Waals surface area (Å²) < 4.78 is 31.7. The number of aromatic nitrogens is 3. The smallest absolute Gasteiger partial charge is 0.254 e. The Kier molecular flexibility index (Phi) is 5.76. The molecule has 2 N–H and O–H groups in total. The van der Waals surface area contributed by atoms with Crippen LogP contribution in [-0.2, 0) is 6.54 Å². The van der Waals surface area contributed by atoms with Gasteiger partial charge in [-0.1, -0.05) is 12.1 Å². The van der Waals surface area contributed by atoms with Crippen LogP contribution in [0.5, 0.6) is 0 Å². The summed E-state index contributed by atoms with van der Waals surface area (Å²) >= 11 is 0. The molecule has 188 valence electrons. The first-order chi connectivity index (χ1) is 17.9. The van der Waals surface area contributed by atoms with E-state index in [0.717, 1.165) is 46.4 Å². The zero-order chi connectivity index (χ0) is 25.7. The monoisotopic (exact) mass is 499 g/mol. The minimum atomic E-state index is -0.329. The maximum Gasteiger partial charge on any atom is 0.254 e. The summed E-state index contributed by atoms with van der Waals surface area (Å²) in [4.78, 5) is 19.9. The standard InChI is InChI=1S/C29H27F2N5O/c1-18-28(33-27-14-21(10-12-35(18)27)29(37)34-11-2-3-24(32)17-34)26-13-20-6-9-23(31)15-25(20)36(26)16-19-4-7-22(30)8-5-19/h4-10,12-15,24H,2-3,11,16-17,32H2,1H3/t24-/m1/s1. The lowest BCUT2D eigenvalue weighted by atomic mass is 10.1. The maximum absolute atomic E-state index is 14.2. The third-order valence-corrected chi connectivity index (χ3v) is 7.22. The number of piperidine rings is 1. The fourth-order valence-electron chi connectivity index (χ4n) is 5.29. The highest BCUT2D eigenvalue weighted by atomic mass is 19.1. The summed E-state index contributed by atoms with van der Waals surface area (Å²) in [5.74, 6) is -0.675. The largest absolute Gasteiger partial charge is 0.337 e. The molecule has 1 atom stereocenters. The summed E-state index contributed by atoms with van der Waals surface area (Å²) in [7, 11) is 0. The quantitative estimate of drug-likeness (QED) is 0.372. The zero-order valence-electron chi connectivity index (χ0n) is 20.5. The van der Waals surface area contributed by atoms with Gasteiger partial charge >= 0.3 is 0 Å². The number of carbonyl (C=O) groups is 1. The van der Waals surface area contributed by atoms with E-state index >= 15 is 0 Å². The van der Waals surface area contributed by atoms with Crippen LogP contribution in [0.15, 0.2) is 66.9 Å². The number of hydrogen-bond acceptors (Lipinski definition) is 3. The number of fused-ring (bicyclic) bond motifs is 2. The van der Waals surface area contributed by atoms with Gasteiger partial charge in [-0.25, -0.2) is 13.8 Å². The van der Waals surface area contributed by atoms with E-state index < -0.39 is 0 Å². The lowest BCUT2D eigenvalue weighted by Gasteiger charge is -2.30. The molecule has 0 unspecified atom stereocenters. The second kappa shape index (κ2) is 9.12. The van der Waals surface area contributed by atoms with Crippen LogP contribution in [0.4, 0.5) is 8.78 Å². The summed E-state index contributed by atoms with van der Waals surface area (Å²) in [6.07, 6.45) is 3.70. The van der Waals surface area contributed by atoms with Crippen molar-refractivity contribution >= 4 is 22.5 Å². The van der Waals surface area contributed by atoms with Gasteiger partial charge in [0.05, 0.1) is 11.2 Å². The minimum absolute atomic E-state index is 0.00886. The van der Waals surface area contributed by atoms with Gasteiger partial charge in [0, 0.05) is 48.5 Å². The molecular weight excluding hydrogens is 472 g/mol. The molecule has 8 heteroatoms. The molecule has 1 fully saturated rings. The van der Waals surface area contributed by atoms with Crippen molar-refractivity contribution in [1.82, 2.24) is 18.9 Å². The van der Waals surface area contributed by atoms with E-state index in [0.29, 0.717) is 30.8 Å². The Morgan fingerprint density at radius 2 is 1.84 bits per heavy atom. The van der Waals surface area contributed by atoms with E-state index in [9.17, 15) is 13.6 Å². The van der Waals surface area contributed by atoms with E-state index in [2.05, 4.69) is 0 Å². The number of nitrogens with two attached hydrogens (primary N) is 1. The van der Waals surface area contributed by atoms with Gasteiger partial charge < -0.3 is 19.6 Å². The first-order valence-corrected chi connectivity index (χ1v) is 12.4. The molecule has 1 amide bonds. The van der Waals surface area contributed by atoms with Crippen molar-refractivity contribution in [3.05, 3.63) is 95.3 Å². The van der Waals surface area contributed by atoms with Crippen LogP contribution in [0.3, 0.4) is 0 Å². The average molecular weight is 500 g/mol. The number of rotatable bonds is 4. The van der Waals surface area contributed by atoms with Gasteiger partial charge in [-0.2, -0.15) is 0 Å². The topological polar surface area (TPSA) is 68.6 Å². The fourth-order valence-corrected chi connectivity index (χ4v) is 5.29. The number of imidazole rings is 1. The first-order valence-electron chi connectivity index (χ1n) is 12.4. The van der Waals surface area contributed by atoms with E-state index in [4.69, 9.17) is 10.7 Å². The van der Waals surface area contributed by atoms with Crippen molar-refractivity contribution in [2.75, 3.05) is 13.1 Å². The summed E-state index contributed by atoms with van der Waals surface area (Å²) in [5.41, 5.74) is 11.4. The molecule has 37 heavy (non-hydrogen) atoms. The Labute approximate surface area is 212 Å². The van der Waals surface area contributed by atoms with Crippen molar-refractivity contribution < 1.29 is 13.6 Å². The predicted molar refractivity (Wildman–Crippen MR) is 139 cm³/mol. The molecule has 1 saturated heterocycles. The highest BCUT2D eigenvalue weighted by Crippen LogP contribution is 2.32. The summed E-state index contributed by atoms with van der Waals surface area (Å²) in [5, 5.41) is 0.882. The lowest BCUT2D eigenvalue weighted by Crippen LogP contribution is -2.45. The molecule has 0 aliphatic carbocycles. The summed E-state index contributed by atoms with van der Waals surface area (Å²) in [6, 6.07) is 16.6. The van der Waals surface area contributed by atoms with Gasteiger partial charge in [0.25, 0.3) is 5.91 Å². The molecule has 4 heterocycles. The highest BCUT2D eigenvalue weighted by Gasteiger charge is 2.24. The van der Waals surface area contributed by atoms with Gasteiger partial charge in [0.2, 0.25) is 0 Å². The van der Waals surface area contributed by atoms with E-state index in [1.165, 1.54) is 24.3 Å². The second-order valence-electron chi connectivity index (χ2n) is 9.79. The average Bonchev–Trinajstić information content (AvgIpc) is 3.41. The second-order valence-corrected chi connectivity index (χ2v) is 9.79. The number of carbonyl (C=O) groups excluding carboxylic acids is 1. The number of halogens is 2. The number of pyridine rings is 1. The van der Waals surface area contributed by atoms with Gasteiger partial charge in [0.15, 0.2) is 0 Å². The van der Waals surface area contributed by atoms with Crippen molar-refractivity contribution in [3.8, 4) is 11.4 Å². The normalized spacial score (nSPS) is 16.1. The Hall–Kier alpha value is -4.04. The fraction of sp³-hybridized carbons (Fsp3) is 0.241. The maximum atomic E-state index is 14.2. The molecule has 0 saturated carbocycles. The first kappa shape index (κ1) is 23.4. The van der Waals surface area contributed by atoms with Crippen LogP contribution in [0.2, 0.25) is 0 Å². The lowest BCUT2D eigenvalue weighted by molar-refractivity contribution is 0.0709. The van der Waals surface area contributed by atoms with Crippen LogP contribution in [0, 0.1) is 18.6 Å². The third-order valence-electron chi connectivity index (χ3n) is 7.22. The van der Waals surface area contributed by atoms with Crippen molar-refractivity contribution in [1.29, 1.82) is 0 Å². The molecule has 0 spiro atoms. The Morgan fingerprint density at radius 1 is 1.05 bits per heavy atom. The van der Waals surface area contributed by atoms with Crippen LogP contribution in [0.1, 0.15) is 34.5 Å². The number of nitrogens with zero attached hydrogens (tertiary/aromatic N) is 4. The Morgan fingerprint density at radius 3 is 2.62 bits per heavy atom. The predicted octanol–water partition coefficient (Wildman–Crippen LogP) is 5.15. The minimum Gasteiger partial charge on any atom is -0.337 e. The number of likely N-dealkylation sites (tertiary alicyclic amines) is 1. The Balaban J connectivity index is 1.44. The SMILES string of the molecule is Cc1c(-c2cc3ccc(F)cc3n2Cc2ccc(F)cc2)nc2cc(C(=O)N3CCC[C@@H](N)C3)ccn12. The molecule has 1 aliphatic heterocycles. The van der Waals surface area contributed by atoms with Gasteiger partial charge in [-0.3, -0.25) is 4.79 Å². The van der Waals surface area contributed by atoms with E-state index in [1.54, 1.807) is 18.2 Å². The van der Waals surface area contributed by atoms with Crippen molar-refractivity contribution in [2.24, 2.45) is 5.73 Å². The molecular formula is C29H27F2N5O. The van der Waals surface area contributed by atoms with Gasteiger partial charge in [0.1, 0.15) is 23.0 Å². The van der Waals surface area contributed by atoms with Crippen LogP contribution in [0.25, 0.3) is 27.9 Å². The molecule has 6 nitrogen and oxygen atoms in total. The third kappa shape index (κ3) is 4.27. The molecule has 0 radical (unpaired) electrons. The molecule has 5 aromatic rings. The van der Waals surface area contributed by atoms with Crippen molar-refractivity contribution in [3.63, 3.8) is 0 Å². The molecule has 2 aromatic carbocycles. The highest BCUT2D eigenvalue weighted by molar-refractivity contribution is 5.95. The van der Waals surface area contributed by atoms with Crippen LogP contribution >= 0.6 is 0 Å². The van der Waals surface area contributed by atoms with Crippen LogP contribution < -0.4 is 5.73 Å². The molecule has 0 bridgehead atoms. The number of benzene rings is 2. The van der Waals surface area contributed by atoms with Gasteiger partial charge in [-0.05, 0) is 73.9 Å².